The number of nitrogens with one attached hydrogen (secondary N) is 1. The lowest BCUT2D eigenvalue weighted by Gasteiger charge is -2.32. The average Bonchev–Trinajstić information content (AvgIpc) is 3.11. The van der Waals surface area contributed by atoms with Crippen LogP contribution in [0.15, 0.2) is 0 Å². The molecule has 0 radical (unpaired) electrons. The Kier molecular flexibility index (Phi) is 5.31. The SMILES string of the molecule is CC1OCCC1(CCCOCC(F)(F)F)CNC1CC1. The highest BCUT2D eigenvalue weighted by Crippen LogP contribution is 2.39. The maximum absolute atomic E-state index is 12.0. The molecule has 1 N–H and O–H groups in total. The predicted octanol–water partition coefficient (Wildman–Crippen LogP) is 2.89. The van der Waals surface area contributed by atoms with E-state index in [4.69, 9.17) is 4.74 Å². The van der Waals surface area contributed by atoms with Crippen LogP contribution < -0.4 is 5.32 Å². The second-order valence-corrected chi connectivity index (χ2v) is 6.05. The lowest BCUT2D eigenvalue weighted by atomic mass is 9.77. The molecule has 6 heteroatoms. The quantitative estimate of drug-likeness (QED) is 0.698. The fourth-order valence-corrected chi connectivity index (χ4v) is 2.82. The first-order valence-electron chi connectivity index (χ1n) is 7.41. The van der Waals surface area contributed by atoms with Crippen molar-refractivity contribution in [1.29, 1.82) is 0 Å². The lowest BCUT2D eigenvalue weighted by molar-refractivity contribution is -0.174. The third kappa shape index (κ3) is 4.90. The van der Waals surface area contributed by atoms with Crippen LogP contribution >= 0.6 is 0 Å². The van der Waals surface area contributed by atoms with Gasteiger partial charge in [-0.1, -0.05) is 0 Å². The maximum atomic E-state index is 12.0. The van der Waals surface area contributed by atoms with E-state index < -0.39 is 12.8 Å². The van der Waals surface area contributed by atoms with Crippen molar-refractivity contribution in [3.05, 3.63) is 0 Å². The zero-order valence-electron chi connectivity index (χ0n) is 12.0. The van der Waals surface area contributed by atoms with Crippen molar-refractivity contribution in [1.82, 2.24) is 5.32 Å². The summed E-state index contributed by atoms with van der Waals surface area (Å²) >= 11 is 0. The highest BCUT2D eigenvalue weighted by Gasteiger charge is 2.41. The van der Waals surface area contributed by atoms with Crippen LogP contribution in [-0.2, 0) is 9.47 Å². The Morgan fingerprint density at radius 2 is 2.10 bits per heavy atom. The Bertz CT molecular complexity index is 307. The molecule has 118 valence electrons. The largest absolute Gasteiger partial charge is 0.411 e. The van der Waals surface area contributed by atoms with Gasteiger partial charge < -0.3 is 14.8 Å². The summed E-state index contributed by atoms with van der Waals surface area (Å²) in [5.74, 6) is 0. The van der Waals surface area contributed by atoms with E-state index in [-0.39, 0.29) is 18.1 Å². The molecule has 0 aromatic carbocycles. The van der Waals surface area contributed by atoms with Crippen molar-refractivity contribution < 1.29 is 22.6 Å². The minimum absolute atomic E-state index is 0.0597. The van der Waals surface area contributed by atoms with Crippen LogP contribution in [0.3, 0.4) is 0 Å². The molecule has 1 aliphatic heterocycles. The van der Waals surface area contributed by atoms with Gasteiger partial charge in [0.1, 0.15) is 6.61 Å². The van der Waals surface area contributed by atoms with E-state index in [1.807, 2.05) is 0 Å². The first-order chi connectivity index (χ1) is 9.41. The molecule has 0 bridgehead atoms. The Labute approximate surface area is 118 Å². The van der Waals surface area contributed by atoms with E-state index >= 15 is 0 Å². The van der Waals surface area contributed by atoms with Crippen LogP contribution in [0, 0.1) is 5.41 Å². The van der Waals surface area contributed by atoms with Crippen LogP contribution in [0.4, 0.5) is 13.2 Å². The van der Waals surface area contributed by atoms with Crippen molar-refractivity contribution in [2.24, 2.45) is 5.41 Å². The van der Waals surface area contributed by atoms with Crippen molar-refractivity contribution >= 4 is 0 Å². The Morgan fingerprint density at radius 3 is 2.65 bits per heavy atom. The number of hydrogen-bond donors (Lipinski definition) is 1. The minimum atomic E-state index is -4.23. The summed E-state index contributed by atoms with van der Waals surface area (Å²) in [5.41, 5.74) is 0.0597. The molecule has 1 aliphatic carbocycles. The Balaban J connectivity index is 1.70. The zero-order chi connectivity index (χ0) is 14.6. The molecule has 2 aliphatic rings. The van der Waals surface area contributed by atoms with Crippen LogP contribution in [-0.4, -0.2) is 44.7 Å². The van der Waals surface area contributed by atoms with Gasteiger partial charge in [0.2, 0.25) is 0 Å². The Morgan fingerprint density at radius 1 is 1.35 bits per heavy atom. The third-order valence-electron chi connectivity index (χ3n) is 4.38. The van der Waals surface area contributed by atoms with Gasteiger partial charge in [0.25, 0.3) is 0 Å². The molecule has 0 aromatic heterocycles. The van der Waals surface area contributed by atoms with Crippen LogP contribution in [0.5, 0.6) is 0 Å². The third-order valence-corrected chi connectivity index (χ3v) is 4.38. The standard InChI is InChI=1S/C14H24F3NO2/c1-11-13(6-8-20-11,9-18-12-3-4-12)5-2-7-19-10-14(15,16)17/h11-12,18H,2-10H2,1H3. The maximum Gasteiger partial charge on any atom is 0.411 e. The summed E-state index contributed by atoms with van der Waals surface area (Å²) in [5, 5.41) is 3.53. The van der Waals surface area contributed by atoms with Gasteiger partial charge in [-0.05, 0) is 39.0 Å². The summed E-state index contributed by atoms with van der Waals surface area (Å²) in [6.45, 7) is 2.73. The molecule has 0 amide bonds. The van der Waals surface area contributed by atoms with Crippen molar-refractivity contribution in [3.63, 3.8) is 0 Å². The molecule has 2 rings (SSSR count). The van der Waals surface area contributed by atoms with Gasteiger partial charge in [-0.15, -0.1) is 0 Å². The minimum Gasteiger partial charge on any atom is -0.378 e. The van der Waals surface area contributed by atoms with E-state index in [0.717, 1.165) is 26.0 Å². The molecule has 2 unspecified atom stereocenters. The van der Waals surface area contributed by atoms with Crippen molar-refractivity contribution in [2.75, 3.05) is 26.4 Å². The molecule has 20 heavy (non-hydrogen) atoms. The van der Waals surface area contributed by atoms with Gasteiger partial charge in [-0.25, -0.2) is 0 Å². The number of alkyl halides is 3. The number of halogens is 3. The molecule has 1 saturated carbocycles. The summed E-state index contributed by atoms with van der Waals surface area (Å²) < 4.78 is 46.3. The van der Waals surface area contributed by atoms with Crippen LogP contribution in [0.2, 0.25) is 0 Å². The van der Waals surface area contributed by atoms with Crippen molar-refractivity contribution in [2.45, 2.75) is 57.3 Å². The van der Waals surface area contributed by atoms with Gasteiger partial charge >= 0.3 is 6.18 Å². The molecule has 0 aromatic rings. The fraction of sp³-hybridized carbons (Fsp3) is 1.00. The van der Waals surface area contributed by atoms with Gasteiger partial charge in [0.05, 0.1) is 6.10 Å². The summed E-state index contributed by atoms with van der Waals surface area (Å²) in [6.07, 6.45) is 0.890. The van der Waals surface area contributed by atoms with Gasteiger partial charge in [-0.3, -0.25) is 0 Å². The van der Waals surface area contributed by atoms with E-state index in [9.17, 15) is 13.2 Å². The molecule has 3 nitrogen and oxygen atoms in total. The number of rotatable bonds is 8. The topological polar surface area (TPSA) is 30.5 Å². The molecular formula is C14H24F3NO2. The summed E-state index contributed by atoms with van der Waals surface area (Å²) in [7, 11) is 0. The first-order valence-corrected chi connectivity index (χ1v) is 7.41. The molecule has 1 saturated heterocycles. The Hall–Kier alpha value is -0.330. The van der Waals surface area contributed by atoms with Gasteiger partial charge in [0, 0.05) is 31.2 Å². The monoisotopic (exact) mass is 295 g/mol. The molecule has 0 spiro atoms. The van der Waals surface area contributed by atoms with Crippen LogP contribution in [0.25, 0.3) is 0 Å². The highest BCUT2D eigenvalue weighted by molar-refractivity contribution is 4.94. The summed E-state index contributed by atoms with van der Waals surface area (Å²) in [6, 6.07) is 0.640. The van der Waals surface area contributed by atoms with Crippen LogP contribution in [0.1, 0.15) is 39.0 Å². The van der Waals surface area contributed by atoms with Gasteiger partial charge in [0.15, 0.2) is 0 Å². The highest BCUT2D eigenvalue weighted by atomic mass is 19.4. The fourth-order valence-electron chi connectivity index (χ4n) is 2.82. The normalized spacial score (nSPS) is 30.9. The lowest BCUT2D eigenvalue weighted by Crippen LogP contribution is -2.40. The van der Waals surface area contributed by atoms with E-state index in [1.165, 1.54) is 12.8 Å². The second kappa shape index (κ2) is 6.62. The average molecular weight is 295 g/mol. The van der Waals surface area contributed by atoms with Gasteiger partial charge in [-0.2, -0.15) is 13.2 Å². The van der Waals surface area contributed by atoms with E-state index in [0.29, 0.717) is 12.5 Å². The molecular weight excluding hydrogens is 271 g/mol. The molecule has 1 heterocycles. The number of hydrogen-bond acceptors (Lipinski definition) is 3. The predicted molar refractivity (Wildman–Crippen MR) is 69.6 cm³/mol. The second-order valence-electron chi connectivity index (χ2n) is 6.05. The smallest absolute Gasteiger partial charge is 0.378 e. The number of ether oxygens (including phenoxy) is 2. The molecule has 2 fully saturated rings. The van der Waals surface area contributed by atoms with E-state index in [2.05, 4.69) is 17.0 Å². The van der Waals surface area contributed by atoms with E-state index in [1.54, 1.807) is 0 Å². The first kappa shape index (κ1) is 16.0. The molecule has 2 atom stereocenters. The van der Waals surface area contributed by atoms with Crippen molar-refractivity contribution in [3.8, 4) is 0 Å². The summed E-state index contributed by atoms with van der Waals surface area (Å²) in [4.78, 5) is 0. The zero-order valence-corrected chi connectivity index (χ0v) is 12.0.